The fourth-order valence-corrected chi connectivity index (χ4v) is 12.6. The highest BCUT2D eigenvalue weighted by atomic mass is 16.5. The van der Waals surface area contributed by atoms with E-state index in [4.69, 9.17) is 4.74 Å². The first-order valence-electron chi connectivity index (χ1n) is 16.9. The quantitative estimate of drug-likeness (QED) is 0.209. The summed E-state index contributed by atoms with van der Waals surface area (Å²) in [6.45, 7) is 22.4. The van der Waals surface area contributed by atoms with Gasteiger partial charge in [0.05, 0.1) is 0 Å². The normalized spacial score (nSPS) is 46.6. The summed E-state index contributed by atoms with van der Waals surface area (Å²) in [7, 11) is 0. The second-order valence-corrected chi connectivity index (χ2v) is 16.9. The van der Waals surface area contributed by atoms with Crippen LogP contribution in [-0.2, 0) is 9.53 Å². The summed E-state index contributed by atoms with van der Waals surface area (Å²) in [6, 6.07) is 10.0. The van der Waals surface area contributed by atoms with Gasteiger partial charge in [-0.25, -0.2) is 4.79 Å². The predicted molar refractivity (Wildman–Crippen MR) is 170 cm³/mol. The third kappa shape index (κ3) is 4.27. The second kappa shape index (κ2) is 9.85. The summed E-state index contributed by atoms with van der Waals surface area (Å²) in [5.74, 6) is 3.50. The molecule has 224 valence electrons. The highest BCUT2D eigenvalue weighted by Gasteiger charge is 2.70. The Balaban J connectivity index is 1.24. The summed E-state index contributed by atoms with van der Waals surface area (Å²) >= 11 is 0. The topological polar surface area (TPSA) is 26.3 Å². The minimum atomic E-state index is -0.196. The van der Waals surface area contributed by atoms with E-state index in [9.17, 15) is 4.79 Å². The molecule has 0 saturated heterocycles. The van der Waals surface area contributed by atoms with Gasteiger partial charge in [0.15, 0.2) is 0 Å². The molecule has 0 heterocycles. The molecule has 0 aliphatic heterocycles. The van der Waals surface area contributed by atoms with Crippen LogP contribution in [0.5, 0.6) is 0 Å². The van der Waals surface area contributed by atoms with Crippen molar-refractivity contribution in [2.75, 3.05) is 0 Å². The van der Waals surface area contributed by atoms with Gasteiger partial charge in [0.1, 0.15) is 6.10 Å². The predicted octanol–water partition coefficient (Wildman–Crippen LogP) is 10.3. The molecule has 1 aromatic rings. The lowest BCUT2D eigenvalue weighted by atomic mass is 9.32. The number of carbonyl (C=O) groups is 1. The van der Waals surface area contributed by atoms with Crippen LogP contribution >= 0.6 is 0 Å². The summed E-state index contributed by atoms with van der Waals surface area (Å²) in [6.07, 6.45) is 16.6. The molecule has 0 bridgehead atoms. The molecule has 10 atom stereocenters. The maximum absolute atomic E-state index is 13.0. The van der Waals surface area contributed by atoms with Gasteiger partial charge in [-0.2, -0.15) is 0 Å². The standard InChI is InChI=1S/C39H56O2/c1-26(2)28-18-21-36(5)24-25-38(7)29(34(28)36)15-16-31-37(6)22-20-32(35(3,4)30(37)19-23-39(31,38)8)41-33(40)17-14-27-12-10-9-11-13-27/h9-14,17,28-32,34H,1,15-16,18-25H2,2-8H3/b17-14+/t28-,29+,30-,31+,32?,34+,36+,37-,38+,39+/m0/s1. The zero-order valence-electron chi connectivity index (χ0n) is 27.1. The largest absolute Gasteiger partial charge is 0.459 e. The molecule has 1 unspecified atom stereocenters. The van der Waals surface area contributed by atoms with Crippen molar-refractivity contribution in [1.82, 2.24) is 0 Å². The average molecular weight is 557 g/mol. The van der Waals surface area contributed by atoms with Crippen LogP contribution < -0.4 is 0 Å². The minimum absolute atomic E-state index is 0.0185. The van der Waals surface area contributed by atoms with E-state index < -0.39 is 0 Å². The van der Waals surface area contributed by atoms with Crippen LogP contribution in [0, 0.1) is 56.7 Å². The summed E-state index contributed by atoms with van der Waals surface area (Å²) in [5.41, 5.74) is 4.05. The summed E-state index contributed by atoms with van der Waals surface area (Å²) in [4.78, 5) is 13.0. The van der Waals surface area contributed by atoms with Gasteiger partial charge in [-0.1, -0.05) is 84.0 Å². The molecular formula is C39H56O2. The summed E-state index contributed by atoms with van der Waals surface area (Å²) < 4.78 is 6.25. The van der Waals surface area contributed by atoms with E-state index in [1.807, 2.05) is 36.4 Å². The SMILES string of the molecule is C=C(C)[C@@H]1CC[C@]2(C)CC[C@]3(C)[C@H](CC[C@@H]4[C@@]5(C)CCC(OC(=O)/C=C/c6ccccc6)C(C)(C)[C@@H]5CC[C@]43C)[C@@H]12. The van der Waals surface area contributed by atoms with Crippen molar-refractivity contribution in [3.8, 4) is 0 Å². The number of esters is 1. The Kier molecular flexibility index (Phi) is 7.03. The van der Waals surface area contributed by atoms with E-state index >= 15 is 0 Å². The van der Waals surface area contributed by atoms with Gasteiger partial charge in [-0.15, -0.1) is 0 Å². The number of hydrogen-bond donors (Lipinski definition) is 0. The monoisotopic (exact) mass is 556 g/mol. The Morgan fingerprint density at radius 1 is 0.829 bits per heavy atom. The first kappa shape index (κ1) is 29.3. The average Bonchev–Trinajstić information content (AvgIpc) is 3.28. The Morgan fingerprint density at radius 3 is 2.27 bits per heavy atom. The molecule has 5 fully saturated rings. The van der Waals surface area contributed by atoms with Crippen molar-refractivity contribution < 1.29 is 9.53 Å². The van der Waals surface area contributed by atoms with E-state index in [0.717, 1.165) is 35.7 Å². The first-order valence-corrected chi connectivity index (χ1v) is 16.9. The van der Waals surface area contributed by atoms with Crippen molar-refractivity contribution in [3.63, 3.8) is 0 Å². The molecule has 2 nitrogen and oxygen atoms in total. The van der Waals surface area contributed by atoms with Crippen molar-refractivity contribution in [1.29, 1.82) is 0 Å². The van der Waals surface area contributed by atoms with Gasteiger partial charge >= 0.3 is 5.97 Å². The zero-order chi connectivity index (χ0) is 29.4. The van der Waals surface area contributed by atoms with Crippen LogP contribution in [0.4, 0.5) is 0 Å². The molecule has 2 heteroatoms. The number of carbonyl (C=O) groups excluding carboxylic acids is 1. The first-order chi connectivity index (χ1) is 19.3. The van der Waals surface area contributed by atoms with E-state index in [0.29, 0.717) is 27.6 Å². The molecule has 0 aromatic heterocycles. The molecule has 0 amide bonds. The van der Waals surface area contributed by atoms with E-state index in [2.05, 4.69) is 55.0 Å². The fraction of sp³-hybridized carbons (Fsp3) is 0.718. The van der Waals surface area contributed by atoms with Gasteiger partial charge in [-0.3, -0.25) is 0 Å². The molecule has 0 spiro atoms. The Bertz CT molecular complexity index is 1210. The van der Waals surface area contributed by atoms with Gasteiger partial charge in [-0.05, 0) is 134 Å². The summed E-state index contributed by atoms with van der Waals surface area (Å²) in [5, 5.41) is 0. The van der Waals surface area contributed by atoms with Crippen LogP contribution in [0.15, 0.2) is 48.6 Å². The molecule has 0 radical (unpaired) electrons. The van der Waals surface area contributed by atoms with Crippen LogP contribution in [0.1, 0.15) is 118 Å². The van der Waals surface area contributed by atoms with Gasteiger partial charge in [0.2, 0.25) is 0 Å². The van der Waals surface area contributed by atoms with E-state index in [1.165, 1.54) is 63.4 Å². The second-order valence-electron chi connectivity index (χ2n) is 16.9. The Hall–Kier alpha value is -1.83. The molecule has 6 rings (SSSR count). The maximum Gasteiger partial charge on any atom is 0.331 e. The van der Waals surface area contributed by atoms with Crippen molar-refractivity contribution in [3.05, 3.63) is 54.1 Å². The number of benzene rings is 1. The highest BCUT2D eigenvalue weighted by Crippen LogP contribution is 2.77. The lowest BCUT2D eigenvalue weighted by molar-refractivity contribution is -0.248. The lowest BCUT2D eigenvalue weighted by Crippen LogP contribution is -2.66. The number of fused-ring (bicyclic) bond motifs is 7. The smallest absolute Gasteiger partial charge is 0.331 e. The van der Waals surface area contributed by atoms with Crippen molar-refractivity contribution in [2.24, 2.45) is 56.7 Å². The Morgan fingerprint density at radius 2 is 1.56 bits per heavy atom. The number of rotatable bonds is 4. The minimum Gasteiger partial charge on any atom is -0.459 e. The molecule has 5 aliphatic carbocycles. The zero-order valence-corrected chi connectivity index (χ0v) is 27.1. The molecule has 5 saturated carbocycles. The van der Waals surface area contributed by atoms with Crippen LogP contribution in [0.2, 0.25) is 0 Å². The van der Waals surface area contributed by atoms with Crippen LogP contribution in [0.3, 0.4) is 0 Å². The molecule has 41 heavy (non-hydrogen) atoms. The number of hydrogen-bond acceptors (Lipinski definition) is 2. The van der Waals surface area contributed by atoms with Crippen molar-refractivity contribution in [2.45, 2.75) is 119 Å². The van der Waals surface area contributed by atoms with E-state index in [-0.39, 0.29) is 17.5 Å². The van der Waals surface area contributed by atoms with Crippen LogP contribution in [0.25, 0.3) is 6.08 Å². The van der Waals surface area contributed by atoms with Gasteiger partial charge in [0.25, 0.3) is 0 Å². The molecule has 5 aliphatic rings. The lowest BCUT2D eigenvalue weighted by Gasteiger charge is -2.73. The fourth-order valence-electron chi connectivity index (χ4n) is 12.6. The highest BCUT2D eigenvalue weighted by molar-refractivity contribution is 5.87. The van der Waals surface area contributed by atoms with E-state index in [1.54, 1.807) is 6.08 Å². The molecule has 0 N–H and O–H groups in total. The van der Waals surface area contributed by atoms with Gasteiger partial charge in [0, 0.05) is 11.5 Å². The maximum atomic E-state index is 13.0. The third-order valence-electron chi connectivity index (χ3n) is 14.9. The third-order valence-corrected chi connectivity index (χ3v) is 14.9. The number of allylic oxidation sites excluding steroid dienone is 1. The number of ether oxygens (including phenoxy) is 1. The van der Waals surface area contributed by atoms with Gasteiger partial charge < -0.3 is 4.74 Å². The van der Waals surface area contributed by atoms with Crippen LogP contribution in [-0.4, -0.2) is 12.1 Å². The van der Waals surface area contributed by atoms with Crippen molar-refractivity contribution >= 4 is 12.0 Å². The Labute approximate surface area is 250 Å². The molecule has 1 aromatic carbocycles. The molecular weight excluding hydrogens is 500 g/mol.